The molecule has 0 aromatic heterocycles. The van der Waals surface area contributed by atoms with Gasteiger partial charge in [0.05, 0.1) is 0 Å². The third kappa shape index (κ3) is 38.9. The Balaban J connectivity index is 3.51. The number of hydrogen-bond donors (Lipinski definition) is 1. The minimum absolute atomic E-state index is 0.0289. The van der Waals surface area contributed by atoms with Crippen molar-refractivity contribution in [2.24, 2.45) is 0 Å². The average molecular weight is 675 g/mol. The van der Waals surface area contributed by atoms with Gasteiger partial charge in [-0.2, -0.15) is 0 Å². The second kappa shape index (κ2) is 39.9. The Morgan fingerprint density at radius 2 is 0.854 bits per heavy atom. The highest BCUT2D eigenvalue weighted by molar-refractivity contribution is 5.69. The summed E-state index contributed by atoms with van der Waals surface area (Å²) in [5, 5.41) is 8.66. The van der Waals surface area contributed by atoms with E-state index < -0.39 is 5.97 Å². The molecule has 1 unspecified atom stereocenters. The lowest BCUT2D eigenvalue weighted by Gasteiger charge is -2.17. The van der Waals surface area contributed by atoms with Crippen molar-refractivity contribution in [2.45, 2.75) is 245 Å². The summed E-state index contributed by atoms with van der Waals surface area (Å²) in [5.74, 6) is -0.635. The van der Waals surface area contributed by atoms with E-state index in [1.165, 1.54) is 161 Å². The summed E-state index contributed by atoms with van der Waals surface area (Å²) in [7, 11) is 0. The molecule has 0 aliphatic heterocycles. The molecule has 0 heterocycles. The minimum Gasteiger partial charge on any atom is -0.481 e. The van der Waals surface area contributed by atoms with Crippen molar-refractivity contribution in [1.29, 1.82) is 0 Å². The fraction of sp³-hybridized carbons (Fsp3) is 0.864. The number of allylic oxidation sites excluding steroid dienone is 4. The molecule has 0 radical (unpaired) electrons. The topological polar surface area (TPSA) is 63.6 Å². The summed E-state index contributed by atoms with van der Waals surface area (Å²) >= 11 is 0. The second-order valence-electron chi connectivity index (χ2n) is 14.5. The molecule has 1 N–H and O–H groups in total. The predicted molar refractivity (Wildman–Crippen MR) is 209 cm³/mol. The molecule has 0 aliphatic rings. The predicted octanol–water partition coefficient (Wildman–Crippen LogP) is 14.8. The molecule has 0 fully saturated rings. The van der Waals surface area contributed by atoms with E-state index in [2.05, 4.69) is 38.2 Å². The summed E-state index contributed by atoms with van der Waals surface area (Å²) in [4.78, 5) is 23.0. The molecule has 0 aromatic carbocycles. The molecule has 4 heteroatoms. The van der Waals surface area contributed by atoms with E-state index in [9.17, 15) is 9.59 Å². The van der Waals surface area contributed by atoms with Crippen molar-refractivity contribution in [2.75, 3.05) is 0 Å². The van der Waals surface area contributed by atoms with Gasteiger partial charge in [-0.25, -0.2) is 0 Å². The lowest BCUT2D eigenvalue weighted by Crippen LogP contribution is -2.18. The van der Waals surface area contributed by atoms with Crippen LogP contribution in [-0.4, -0.2) is 23.1 Å². The zero-order valence-corrected chi connectivity index (χ0v) is 32.3. The van der Waals surface area contributed by atoms with Crippen molar-refractivity contribution in [3.05, 3.63) is 24.3 Å². The normalized spacial score (nSPS) is 12.4. The maximum absolute atomic E-state index is 12.5. The Hall–Kier alpha value is -1.58. The monoisotopic (exact) mass is 675 g/mol. The standard InChI is InChI=1S/C44H82O4/c1-3-5-6-7-8-9-10-11-12-13-14-15-19-22-25-28-31-34-37-41-44(47)48-42(38-4-2)39-35-32-29-26-23-20-17-16-18-21-24-27-30-33-36-40-43(45)46/h8-9,11-12,42H,3-7,10,13-41H2,1-2H3,(H,45,46)/b9-8-,12-11-. The Morgan fingerprint density at radius 1 is 0.458 bits per heavy atom. The summed E-state index contributed by atoms with van der Waals surface area (Å²) < 4.78 is 5.89. The fourth-order valence-electron chi connectivity index (χ4n) is 6.56. The lowest BCUT2D eigenvalue weighted by molar-refractivity contribution is -0.150. The van der Waals surface area contributed by atoms with Crippen molar-refractivity contribution in [3.63, 3.8) is 0 Å². The van der Waals surface area contributed by atoms with E-state index in [0.29, 0.717) is 12.8 Å². The molecule has 0 amide bonds. The number of carbonyl (C=O) groups excluding carboxylic acids is 1. The van der Waals surface area contributed by atoms with Gasteiger partial charge in [0.2, 0.25) is 0 Å². The van der Waals surface area contributed by atoms with Crippen LogP contribution in [0, 0.1) is 0 Å². The molecule has 0 saturated carbocycles. The average Bonchev–Trinajstić information content (AvgIpc) is 3.07. The number of rotatable bonds is 39. The maximum atomic E-state index is 12.5. The van der Waals surface area contributed by atoms with Crippen molar-refractivity contribution < 1.29 is 19.4 Å². The summed E-state index contributed by atoms with van der Waals surface area (Å²) in [6.45, 7) is 4.45. The van der Waals surface area contributed by atoms with Crippen LogP contribution in [0.15, 0.2) is 24.3 Å². The van der Waals surface area contributed by atoms with Gasteiger partial charge in [0.15, 0.2) is 0 Å². The third-order valence-electron chi connectivity index (χ3n) is 9.66. The van der Waals surface area contributed by atoms with Crippen LogP contribution in [0.25, 0.3) is 0 Å². The maximum Gasteiger partial charge on any atom is 0.306 e. The molecular weight excluding hydrogens is 592 g/mol. The molecule has 0 bridgehead atoms. The highest BCUT2D eigenvalue weighted by atomic mass is 16.5. The number of ether oxygens (including phenoxy) is 1. The Bertz CT molecular complexity index is 727. The van der Waals surface area contributed by atoms with Crippen molar-refractivity contribution >= 4 is 11.9 Å². The van der Waals surface area contributed by atoms with Crippen LogP contribution in [-0.2, 0) is 14.3 Å². The van der Waals surface area contributed by atoms with Crippen molar-refractivity contribution in [3.8, 4) is 0 Å². The molecule has 282 valence electrons. The highest BCUT2D eigenvalue weighted by Crippen LogP contribution is 2.18. The van der Waals surface area contributed by atoms with Gasteiger partial charge >= 0.3 is 11.9 Å². The minimum atomic E-state index is -0.664. The lowest BCUT2D eigenvalue weighted by atomic mass is 10.0. The first-order valence-corrected chi connectivity index (χ1v) is 21.3. The van der Waals surface area contributed by atoms with Crippen LogP contribution < -0.4 is 0 Å². The van der Waals surface area contributed by atoms with E-state index in [4.69, 9.17) is 9.84 Å². The first kappa shape index (κ1) is 46.4. The van der Waals surface area contributed by atoms with Crippen LogP contribution in [0.4, 0.5) is 0 Å². The van der Waals surface area contributed by atoms with Gasteiger partial charge in [-0.05, 0) is 64.2 Å². The molecule has 0 aromatic rings. The molecule has 4 nitrogen and oxygen atoms in total. The Kier molecular flexibility index (Phi) is 38.5. The van der Waals surface area contributed by atoms with Crippen LogP contribution in [0.1, 0.15) is 239 Å². The van der Waals surface area contributed by atoms with Crippen LogP contribution in [0.2, 0.25) is 0 Å². The molecule has 48 heavy (non-hydrogen) atoms. The molecule has 0 spiro atoms. The van der Waals surface area contributed by atoms with E-state index in [1.54, 1.807) is 0 Å². The van der Waals surface area contributed by atoms with E-state index in [-0.39, 0.29) is 12.1 Å². The number of carboxylic acids is 1. The fourth-order valence-corrected chi connectivity index (χ4v) is 6.56. The van der Waals surface area contributed by atoms with E-state index in [1.807, 2.05) is 0 Å². The van der Waals surface area contributed by atoms with Gasteiger partial charge in [-0.3, -0.25) is 9.59 Å². The summed E-state index contributed by atoms with van der Waals surface area (Å²) in [6.07, 6.45) is 51.3. The van der Waals surface area contributed by atoms with Gasteiger partial charge in [0.1, 0.15) is 6.10 Å². The number of carbonyl (C=O) groups is 2. The van der Waals surface area contributed by atoms with Gasteiger partial charge in [0, 0.05) is 12.8 Å². The van der Waals surface area contributed by atoms with Crippen LogP contribution in [0.5, 0.6) is 0 Å². The number of esters is 1. The number of carboxylic acid groups (broad SMARTS) is 1. The summed E-state index contributed by atoms with van der Waals surface area (Å²) in [6, 6.07) is 0. The van der Waals surface area contributed by atoms with E-state index in [0.717, 1.165) is 51.4 Å². The third-order valence-corrected chi connectivity index (χ3v) is 9.66. The second-order valence-corrected chi connectivity index (χ2v) is 14.5. The van der Waals surface area contributed by atoms with Crippen molar-refractivity contribution in [1.82, 2.24) is 0 Å². The van der Waals surface area contributed by atoms with Gasteiger partial charge in [0.25, 0.3) is 0 Å². The van der Waals surface area contributed by atoms with Gasteiger partial charge < -0.3 is 9.84 Å². The van der Waals surface area contributed by atoms with E-state index >= 15 is 0 Å². The molecule has 1 atom stereocenters. The van der Waals surface area contributed by atoms with Crippen LogP contribution in [0.3, 0.4) is 0 Å². The Labute approximate surface area is 299 Å². The first-order chi connectivity index (χ1) is 23.6. The smallest absolute Gasteiger partial charge is 0.306 e. The van der Waals surface area contributed by atoms with Gasteiger partial charge in [-0.1, -0.05) is 186 Å². The first-order valence-electron chi connectivity index (χ1n) is 21.3. The molecule has 0 rings (SSSR count). The number of aliphatic carboxylic acids is 1. The summed E-state index contributed by atoms with van der Waals surface area (Å²) in [5.41, 5.74) is 0. The van der Waals surface area contributed by atoms with Crippen LogP contribution >= 0.6 is 0 Å². The zero-order valence-electron chi connectivity index (χ0n) is 32.3. The molecule has 0 saturated heterocycles. The highest BCUT2D eigenvalue weighted by Gasteiger charge is 2.13. The Morgan fingerprint density at radius 3 is 1.29 bits per heavy atom. The number of unbranched alkanes of at least 4 members (excludes halogenated alkanes) is 26. The molecular formula is C44H82O4. The molecule has 0 aliphatic carbocycles. The SMILES string of the molecule is CCCCC/C=C\C/C=C\CCCCCCCCCCCC(=O)OC(CCC)CCCCCCCCCCCCCCCCCC(=O)O. The van der Waals surface area contributed by atoms with Gasteiger partial charge in [-0.15, -0.1) is 0 Å². The quantitative estimate of drug-likeness (QED) is 0.0400. The largest absolute Gasteiger partial charge is 0.481 e. The number of hydrogen-bond acceptors (Lipinski definition) is 3. The zero-order chi connectivity index (χ0) is 35.0.